The predicted molar refractivity (Wildman–Crippen MR) is 87.4 cm³/mol. The van der Waals surface area contributed by atoms with E-state index in [1.54, 1.807) is 12.1 Å². The van der Waals surface area contributed by atoms with Crippen LogP contribution in [0, 0.1) is 12.8 Å². The number of halogens is 2. The van der Waals surface area contributed by atoms with Crippen LogP contribution in [-0.4, -0.2) is 38.3 Å². The fraction of sp³-hybridized carbons (Fsp3) is 0.462. The fourth-order valence-corrected chi connectivity index (χ4v) is 5.26. The maximum Gasteiger partial charge on any atom is 0.304 e. The minimum atomic E-state index is -3.91. The van der Waals surface area contributed by atoms with Crippen molar-refractivity contribution in [2.24, 2.45) is 11.7 Å². The van der Waals surface area contributed by atoms with Gasteiger partial charge in [0.2, 0.25) is 5.91 Å². The van der Waals surface area contributed by atoms with Crippen molar-refractivity contribution in [3.63, 3.8) is 0 Å². The summed E-state index contributed by atoms with van der Waals surface area (Å²) in [4.78, 5) is 11.1. The molecular weight excluding hydrogens is 349 g/mol. The minimum Gasteiger partial charge on any atom is -0.369 e. The molecule has 6 nitrogen and oxygen atoms in total. The second-order valence-corrected chi connectivity index (χ2v) is 8.15. The number of carbonyl (C=O) groups excluding carboxylic acids is 1. The Bertz CT molecular complexity index is 685. The molecule has 0 spiro atoms. The Balaban J connectivity index is 2.52. The quantitative estimate of drug-likeness (QED) is 0.885. The summed E-state index contributed by atoms with van der Waals surface area (Å²) in [7, 11) is -3.91. The second kappa shape index (κ2) is 6.23. The molecule has 2 rings (SSSR count). The second-order valence-electron chi connectivity index (χ2n) is 5.48. The molecule has 1 amide bonds. The highest BCUT2D eigenvalue weighted by molar-refractivity contribution is 7.90. The molecule has 0 aliphatic carbocycles. The van der Waals surface area contributed by atoms with Gasteiger partial charge < -0.3 is 5.73 Å². The van der Waals surface area contributed by atoms with Crippen LogP contribution in [-0.2, 0) is 15.0 Å². The van der Waals surface area contributed by atoms with Gasteiger partial charge >= 0.3 is 10.2 Å². The minimum absolute atomic E-state index is 0.00342. The molecule has 22 heavy (non-hydrogen) atoms. The number of benzene rings is 1. The summed E-state index contributed by atoms with van der Waals surface area (Å²) in [6.07, 6.45) is 0. The molecular formula is C13H17Cl2N3O3S. The number of hydrogen-bond acceptors (Lipinski definition) is 3. The molecule has 1 atom stereocenters. The summed E-state index contributed by atoms with van der Waals surface area (Å²) in [5.41, 5.74) is 6.20. The number of nitrogens with two attached hydrogens (primary N) is 1. The summed E-state index contributed by atoms with van der Waals surface area (Å²) in [5, 5.41) is 0.503. The highest BCUT2D eigenvalue weighted by Gasteiger charge is 2.39. The first-order chi connectivity index (χ1) is 10.1. The molecule has 1 aromatic rings. The summed E-state index contributed by atoms with van der Waals surface area (Å²) in [5.74, 6) is -0.713. The summed E-state index contributed by atoms with van der Waals surface area (Å²) in [6.45, 7) is 3.78. The first kappa shape index (κ1) is 17.3. The topological polar surface area (TPSA) is 83.7 Å². The summed E-state index contributed by atoms with van der Waals surface area (Å²) in [6, 6.07) is 3.30. The van der Waals surface area contributed by atoms with Gasteiger partial charge in [-0.05, 0) is 30.5 Å². The molecule has 9 heteroatoms. The Hall–Kier alpha value is -1.02. The van der Waals surface area contributed by atoms with Crippen molar-refractivity contribution < 1.29 is 13.2 Å². The maximum atomic E-state index is 12.7. The zero-order valence-corrected chi connectivity index (χ0v) is 14.5. The largest absolute Gasteiger partial charge is 0.369 e. The van der Waals surface area contributed by atoms with Crippen LogP contribution in [0.25, 0.3) is 0 Å². The van der Waals surface area contributed by atoms with Gasteiger partial charge in [-0.1, -0.05) is 30.1 Å². The van der Waals surface area contributed by atoms with Crippen molar-refractivity contribution in [3.05, 3.63) is 27.7 Å². The molecule has 0 bridgehead atoms. The van der Waals surface area contributed by atoms with Crippen molar-refractivity contribution in [1.82, 2.24) is 4.31 Å². The maximum absolute atomic E-state index is 12.7. The van der Waals surface area contributed by atoms with Crippen LogP contribution in [0.3, 0.4) is 0 Å². The van der Waals surface area contributed by atoms with Gasteiger partial charge in [-0.3, -0.25) is 9.10 Å². The normalized spacial score (nSPS) is 21.8. The molecule has 1 saturated heterocycles. The van der Waals surface area contributed by atoms with E-state index < -0.39 is 16.1 Å². The van der Waals surface area contributed by atoms with Crippen LogP contribution in [0.1, 0.15) is 12.5 Å². The van der Waals surface area contributed by atoms with Crippen LogP contribution < -0.4 is 10.0 Å². The third kappa shape index (κ3) is 3.32. The van der Waals surface area contributed by atoms with E-state index in [0.717, 1.165) is 14.2 Å². The van der Waals surface area contributed by atoms with E-state index in [1.165, 1.54) is 0 Å². The third-order valence-corrected chi connectivity index (χ3v) is 5.74. The average molecular weight is 366 g/mol. The van der Waals surface area contributed by atoms with Gasteiger partial charge in [-0.25, -0.2) is 0 Å². The molecule has 1 aromatic carbocycles. The summed E-state index contributed by atoms with van der Waals surface area (Å²) >= 11 is 12.4. The Kier molecular flexibility index (Phi) is 4.91. The SMILES string of the molecule is Cc1cc(Cl)c(N2CC(C)CN(CC(N)=O)S2(=O)=O)c(Cl)c1. The van der Waals surface area contributed by atoms with Crippen LogP contribution in [0.5, 0.6) is 0 Å². The molecule has 0 aromatic heterocycles. The molecule has 2 N–H and O–H groups in total. The monoisotopic (exact) mass is 365 g/mol. The van der Waals surface area contributed by atoms with E-state index >= 15 is 0 Å². The highest BCUT2D eigenvalue weighted by atomic mass is 35.5. The number of amides is 1. The summed E-state index contributed by atoms with van der Waals surface area (Å²) < 4.78 is 27.6. The number of primary amides is 1. The molecule has 0 saturated carbocycles. The van der Waals surface area contributed by atoms with Crippen molar-refractivity contribution in [2.75, 3.05) is 23.9 Å². The Morgan fingerprint density at radius 2 is 1.86 bits per heavy atom. The van der Waals surface area contributed by atoms with Crippen LogP contribution >= 0.6 is 23.2 Å². The van der Waals surface area contributed by atoms with E-state index in [2.05, 4.69) is 0 Å². The molecule has 1 heterocycles. The lowest BCUT2D eigenvalue weighted by atomic mass is 10.1. The van der Waals surface area contributed by atoms with E-state index in [-0.39, 0.29) is 41.3 Å². The fourth-order valence-electron chi connectivity index (χ4n) is 2.47. The van der Waals surface area contributed by atoms with Crippen LogP contribution in [0.2, 0.25) is 10.0 Å². The van der Waals surface area contributed by atoms with Crippen LogP contribution in [0.4, 0.5) is 5.69 Å². The number of anilines is 1. The highest BCUT2D eigenvalue weighted by Crippen LogP contribution is 2.38. The first-order valence-electron chi connectivity index (χ1n) is 6.64. The Morgan fingerprint density at radius 3 is 2.36 bits per heavy atom. The van der Waals surface area contributed by atoms with Crippen molar-refractivity contribution in [3.8, 4) is 0 Å². The smallest absolute Gasteiger partial charge is 0.304 e. The van der Waals surface area contributed by atoms with E-state index in [9.17, 15) is 13.2 Å². The lowest BCUT2D eigenvalue weighted by molar-refractivity contribution is -0.118. The lowest BCUT2D eigenvalue weighted by Gasteiger charge is -2.39. The number of carbonyl (C=O) groups is 1. The van der Waals surface area contributed by atoms with Crippen molar-refractivity contribution in [1.29, 1.82) is 0 Å². The van der Waals surface area contributed by atoms with Gasteiger partial charge in [0.1, 0.15) is 0 Å². The zero-order valence-electron chi connectivity index (χ0n) is 12.2. The van der Waals surface area contributed by atoms with Crippen molar-refractivity contribution in [2.45, 2.75) is 13.8 Å². The third-order valence-electron chi connectivity index (χ3n) is 3.34. The predicted octanol–water partition coefficient (Wildman–Crippen LogP) is 1.79. The standard InChI is InChI=1S/C13H17Cl2N3O3S/c1-8-3-10(14)13(11(15)4-8)18-6-9(2)5-17(7-12(16)19)22(18,20)21/h3-4,9H,5-7H2,1-2H3,(H2,16,19). The molecule has 1 unspecified atom stereocenters. The molecule has 1 fully saturated rings. The molecule has 122 valence electrons. The number of nitrogens with zero attached hydrogens (tertiary/aromatic N) is 2. The van der Waals surface area contributed by atoms with Crippen molar-refractivity contribution >= 4 is 45.0 Å². The Labute approximate surface area is 140 Å². The van der Waals surface area contributed by atoms with Gasteiger partial charge in [0.05, 0.1) is 22.3 Å². The zero-order chi connectivity index (χ0) is 16.7. The molecule has 0 radical (unpaired) electrons. The number of aryl methyl sites for hydroxylation is 1. The first-order valence-corrected chi connectivity index (χ1v) is 8.80. The van der Waals surface area contributed by atoms with Gasteiger partial charge in [0.15, 0.2) is 0 Å². The number of rotatable bonds is 3. The Morgan fingerprint density at radius 1 is 1.32 bits per heavy atom. The van der Waals surface area contributed by atoms with E-state index in [1.807, 2.05) is 13.8 Å². The number of hydrogen-bond donors (Lipinski definition) is 1. The van der Waals surface area contributed by atoms with Gasteiger partial charge in [-0.2, -0.15) is 12.7 Å². The van der Waals surface area contributed by atoms with E-state index in [0.29, 0.717) is 0 Å². The van der Waals surface area contributed by atoms with Gasteiger partial charge in [0.25, 0.3) is 0 Å². The average Bonchev–Trinajstić information content (AvgIpc) is 2.33. The van der Waals surface area contributed by atoms with Gasteiger partial charge in [-0.15, -0.1) is 0 Å². The molecule has 1 aliphatic rings. The van der Waals surface area contributed by atoms with E-state index in [4.69, 9.17) is 28.9 Å². The lowest BCUT2D eigenvalue weighted by Crippen LogP contribution is -2.55. The molecule has 1 aliphatic heterocycles. The van der Waals surface area contributed by atoms with Crippen LogP contribution in [0.15, 0.2) is 12.1 Å². The van der Waals surface area contributed by atoms with Gasteiger partial charge in [0, 0.05) is 13.1 Å².